The molecule has 19 heavy (non-hydrogen) atoms. The number of thiophene rings is 1. The predicted molar refractivity (Wildman–Crippen MR) is 77.2 cm³/mol. The number of rotatable bonds is 1. The van der Waals surface area contributed by atoms with Crippen molar-refractivity contribution in [3.8, 4) is 11.8 Å². The average Bonchev–Trinajstić information content (AvgIpc) is 2.83. The summed E-state index contributed by atoms with van der Waals surface area (Å²) >= 11 is 1.43. The summed E-state index contributed by atoms with van der Waals surface area (Å²) in [6.07, 6.45) is 2.09. The number of hydrogen-bond donors (Lipinski definition) is 1. The normalized spacial score (nSPS) is 17.7. The van der Waals surface area contributed by atoms with Gasteiger partial charge in [0, 0.05) is 18.7 Å². The average molecular weight is 277 g/mol. The Hall–Kier alpha value is -1.31. The Morgan fingerprint density at radius 2 is 2.16 bits per heavy atom. The third-order valence-corrected chi connectivity index (χ3v) is 4.47. The first-order valence-corrected chi connectivity index (χ1v) is 7.38. The molecule has 0 spiro atoms. The Morgan fingerprint density at radius 3 is 2.79 bits per heavy atom. The fourth-order valence-corrected chi connectivity index (χ4v) is 2.98. The number of nitrogens with zero attached hydrogens (tertiary/aromatic N) is 1. The van der Waals surface area contributed by atoms with Gasteiger partial charge in [0.1, 0.15) is 11.5 Å². The third kappa shape index (κ3) is 3.37. The molecule has 1 saturated heterocycles. The standard InChI is InChI=1S/C15H19NO2S/c1-15(2)6-8-16(9-7-15)14(18)13-12(4-3-10-17)5-11-19-13/h5,11,17H,6-10H2,1-2H3. The highest BCUT2D eigenvalue weighted by Crippen LogP contribution is 2.31. The van der Waals surface area contributed by atoms with Gasteiger partial charge in [-0.15, -0.1) is 11.3 Å². The molecule has 0 unspecified atom stereocenters. The van der Waals surface area contributed by atoms with Crippen molar-refractivity contribution >= 4 is 17.2 Å². The molecule has 0 bridgehead atoms. The van der Waals surface area contributed by atoms with Crippen LogP contribution < -0.4 is 0 Å². The number of likely N-dealkylation sites (tertiary alicyclic amines) is 1. The van der Waals surface area contributed by atoms with Crippen LogP contribution in [0.15, 0.2) is 11.4 Å². The second kappa shape index (κ2) is 5.77. The van der Waals surface area contributed by atoms with Gasteiger partial charge in [0.25, 0.3) is 5.91 Å². The number of amides is 1. The lowest BCUT2D eigenvalue weighted by atomic mass is 9.82. The molecule has 0 aromatic carbocycles. The van der Waals surface area contributed by atoms with E-state index in [9.17, 15) is 4.79 Å². The largest absolute Gasteiger partial charge is 0.384 e. The van der Waals surface area contributed by atoms with E-state index in [1.54, 1.807) is 0 Å². The van der Waals surface area contributed by atoms with Gasteiger partial charge < -0.3 is 10.0 Å². The van der Waals surface area contributed by atoms with Crippen LogP contribution in [0.2, 0.25) is 0 Å². The van der Waals surface area contributed by atoms with Crippen molar-refractivity contribution in [2.75, 3.05) is 19.7 Å². The molecule has 3 nitrogen and oxygen atoms in total. The lowest BCUT2D eigenvalue weighted by Gasteiger charge is -2.36. The molecule has 102 valence electrons. The molecular formula is C15H19NO2S. The minimum absolute atomic E-state index is 0.0766. The molecule has 0 radical (unpaired) electrons. The molecule has 1 aliphatic heterocycles. The highest BCUT2D eigenvalue weighted by atomic mass is 32.1. The first-order chi connectivity index (χ1) is 9.03. The molecule has 1 aromatic rings. The van der Waals surface area contributed by atoms with Crippen LogP contribution in [-0.2, 0) is 0 Å². The Labute approximate surface area is 118 Å². The maximum absolute atomic E-state index is 12.5. The van der Waals surface area contributed by atoms with E-state index < -0.39 is 0 Å². The van der Waals surface area contributed by atoms with E-state index in [-0.39, 0.29) is 12.5 Å². The lowest BCUT2D eigenvalue weighted by Crippen LogP contribution is -2.41. The smallest absolute Gasteiger partial charge is 0.265 e. The van der Waals surface area contributed by atoms with E-state index in [2.05, 4.69) is 25.7 Å². The number of carbonyl (C=O) groups is 1. The van der Waals surface area contributed by atoms with E-state index in [1.807, 2.05) is 16.3 Å². The predicted octanol–water partition coefficient (Wildman–Crippen LogP) is 2.35. The van der Waals surface area contributed by atoms with Gasteiger partial charge in [-0.1, -0.05) is 25.7 Å². The lowest BCUT2D eigenvalue weighted by molar-refractivity contribution is 0.0635. The zero-order valence-corrected chi connectivity index (χ0v) is 12.2. The molecule has 4 heteroatoms. The van der Waals surface area contributed by atoms with Crippen molar-refractivity contribution < 1.29 is 9.90 Å². The van der Waals surface area contributed by atoms with E-state index >= 15 is 0 Å². The van der Waals surface area contributed by atoms with Crippen molar-refractivity contribution in [3.05, 3.63) is 21.9 Å². The van der Waals surface area contributed by atoms with Gasteiger partial charge in [0.05, 0.1) is 0 Å². The molecular weight excluding hydrogens is 258 g/mol. The number of piperidine rings is 1. The molecule has 2 rings (SSSR count). The van der Waals surface area contributed by atoms with Crippen LogP contribution in [0.3, 0.4) is 0 Å². The molecule has 0 saturated carbocycles. The zero-order chi connectivity index (χ0) is 13.9. The van der Waals surface area contributed by atoms with Crippen molar-refractivity contribution in [1.29, 1.82) is 0 Å². The second-order valence-electron chi connectivity index (χ2n) is 5.58. The first kappa shape index (κ1) is 14.1. The van der Waals surface area contributed by atoms with E-state index in [1.165, 1.54) is 11.3 Å². The zero-order valence-electron chi connectivity index (χ0n) is 11.4. The summed E-state index contributed by atoms with van der Waals surface area (Å²) < 4.78 is 0. The summed E-state index contributed by atoms with van der Waals surface area (Å²) in [6, 6.07) is 1.84. The summed E-state index contributed by atoms with van der Waals surface area (Å²) in [4.78, 5) is 15.1. The molecule has 1 aliphatic rings. The van der Waals surface area contributed by atoms with Crippen molar-refractivity contribution in [2.24, 2.45) is 5.41 Å². The number of carbonyl (C=O) groups excluding carboxylic acids is 1. The van der Waals surface area contributed by atoms with Crippen LogP contribution in [0.1, 0.15) is 41.9 Å². The molecule has 1 fully saturated rings. The second-order valence-corrected chi connectivity index (χ2v) is 6.50. The summed E-state index contributed by atoms with van der Waals surface area (Å²) in [5.74, 6) is 5.52. The van der Waals surface area contributed by atoms with Crippen molar-refractivity contribution in [1.82, 2.24) is 4.90 Å². The fraction of sp³-hybridized carbons (Fsp3) is 0.533. The summed E-state index contributed by atoms with van der Waals surface area (Å²) in [7, 11) is 0. The van der Waals surface area contributed by atoms with E-state index in [0.29, 0.717) is 10.3 Å². The molecule has 2 heterocycles. The van der Waals surface area contributed by atoms with Crippen LogP contribution >= 0.6 is 11.3 Å². The molecule has 1 aromatic heterocycles. The quantitative estimate of drug-likeness (QED) is 0.801. The maximum atomic E-state index is 12.5. The molecule has 0 aliphatic carbocycles. The van der Waals surface area contributed by atoms with Gasteiger partial charge in [-0.05, 0) is 29.7 Å². The summed E-state index contributed by atoms with van der Waals surface area (Å²) in [5, 5.41) is 10.6. The Morgan fingerprint density at radius 1 is 1.47 bits per heavy atom. The van der Waals surface area contributed by atoms with Crippen LogP contribution in [0.25, 0.3) is 0 Å². The van der Waals surface area contributed by atoms with Gasteiger partial charge in [0.2, 0.25) is 0 Å². The molecule has 1 N–H and O–H groups in total. The van der Waals surface area contributed by atoms with Gasteiger partial charge in [0.15, 0.2) is 0 Å². The van der Waals surface area contributed by atoms with Crippen LogP contribution in [-0.4, -0.2) is 35.6 Å². The maximum Gasteiger partial charge on any atom is 0.265 e. The van der Waals surface area contributed by atoms with Crippen molar-refractivity contribution in [2.45, 2.75) is 26.7 Å². The van der Waals surface area contributed by atoms with Crippen LogP contribution in [0.4, 0.5) is 0 Å². The topological polar surface area (TPSA) is 40.5 Å². The Bertz CT molecular complexity index is 512. The van der Waals surface area contributed by atoms with Gasteiger partial charge in [-0.25, -0.2) is 0 Å². The number of aliphatic hydroxyl groups excluding tert-OH is 1. The van der Waals surface area contributed by atoms with Crippen LogP contribution in [0, 0.1) is 17.3 Å². The van der Waals surface area contributed by atoms with Crippen molar-refractivity contribution in [3.63, 3.8) is 0 Å². The highest BCUT2D eigenvalue weighted by Gasteiger charge is 2.29. The minimum Gasteiger partial charge on any atom is -0.384 e. The monoisotopic (exact) mass is 277 g/mol. The highest BCUT2D eigenvalue weighted by molar-refractivity contribution is 7.12. The SMILES string of the molecule is CC1(C)CCN(C(=O)c2sccc2C#CCO)CC1. The van der Waals surface area contributed by atoms with Gasteiger partial charge >= 0.3 is 0 Å². The van der Waals surface area contributed by atoms with Crippen LogP contribution in [0.5, 0.6) is 0 Å². The summed E-state index contributed by atoms with van der Waals surface area (Å²) in [6.45, 7) is 5.95. The third-order valence-electron chi connectivity index (χ3n) is 3.57. The molecule has 1 amide bonds. The van der Waals surface area contributed by atoms with Gasteiger partial charge in [-0.2, -0.15) is 0 Å². The first-order valence-electron chi connectivity index (χ1n) is 6.50. The van der Waals surface area contributed by atoms with Gasteiger partial charge in [-0.3, -0.25) is 4.79 Å². The van der Waals surface area contributed by atoms with E-state index in [4.69, 9.17) is 5.11 Å². The fourth-order valence-electron chi connectivity index (χ4n) is 2.17. The number of hydrogen-bond acceptors (Lipinski definition) is 3. The number of aliphatic hydroxyl groups is 1. The minimum atomic E-state index is -0.179. The van der Waals surface area contributed by atoms with E-state index in [0.717, 1.165) is 31.5 Å². The Kier molecular flexibility index (Phi) is 4.28. The summed E-state index contributed by atoms with van der Waals surface area (Å²) in [5.41, 5.74) is 1.07. The molecule has 0 atom stereocenters. The Balaban J connectivity index is 2.11.